The van der Waals surface area contributed by atoms with Gasteiger partial charge in [-0.15, -0.1) is 0 Å². The molecule has 5 rings (SSSR count). The van der Waals surface area contributed by atoms with Crippen molar-refractivity contribution in [2.75, 3.05) is 11.9 Å². The number of anilines is 1. The third-order valence-corrected chi connectivity index (χ3v) is 5.66. The summed E-state index contributed by atoms with van der Waals surface area (Å²) in [4.78, 5) is 26.3. The van der Waals surface area contributed by atoms with E-state index in [1.807, 2.05) is 50.2 Å². The number of benzene rings is 3. The second kappa shape index (κ2) is 8.90. The van der Waals surface area contributed by atoms with Crippen LogP contribution < -0.4 is 10.1 Å². The molecular formula is C28H23NO5. The van der Waals surface area contributed by atoms with Crippen LogP contribution in [0.15, 0.2) is 81.8 Å². The van der Waals surface area contributed by atoms with Crippen LogP contribution in [-0.4, -0.2) is 18.3 Å². The molecule has 6 nitrogen and oxygen atoms in total. The molecule has 3 aromatic carbocycles. The fraction of sp³-hybridized carbons (Fsp3) is 0.143. The second-order valence-electron chi connectivity index (χ2n) is 8.07. The van der Waals surface area contributed by atoms with E-state index in [0.717, 1.165) is 22.1 Å². The van der Waals surface area contributed by atoms with E-state index in [1.165, 1.54) is 0 Å². The number of ether oxygens (including phenoxy) is 1. The number of hydrogen-bond donors (Lipinski definition) is 1. The molecule has 0 atom stereocenters. The first-order chi connectivity index (χ1) is 16.5. The van der Waals surface area contributed by atoms with Crippen LogP contribution in [0.5, 0.6) is 5.75 Å². The number of fused-ring (bicyclic) bond motifs is 2. The lowest BCUT2D eigenvalue weighted by molar-refractivity contribution is -0.115. The van der Waals surface area contributed by atoms with Gasteiger partial charge in [-0.05, 0) is 61.9 Å². The first-order valence-electron chi connectivity index (χ1n) is 11.1. The zero-order valence-electron chi connectivity index (χ0n) is 18.9. The number of furan rings is 2. The Balaban J connectivity index is 1.45. The summed E-state index contributed by atoms with van der Waals surface area (Å²) in [6.07, 6.45) is 1.70. The number of aryl methyl sites for hydroxylation is 1. The van der Waals surface area contributed by atoms with Crippen LogP contribution in [0, 0.1) is 6.92 Å². The van der Waals surface area contributed by atoms with Crippen LogP contribution in [0.2, 0.25) is 0 Å². The molecule has 0 unspecified atom stereocenters. The molecular weight excluding hydrogens is 430 g/mol. The van der Waals surface area contributed by atoms with Gasteiger partial charge < -0.3 is 18.9 Å². The topological polar surface area (TPSA) is 81.7 Å². The van der Waals surface area contributed by atoms with Crippen molar-refractivity contribution in [3.8, 4) is 5.75 Å². The molecule has 0 aliphatic rings. The standard InChI is InChI=1S/C28H23NO5/c1-3-32-20-11-9-18(10-12-20)27(31)28-26(22-6-4-5-7-23(22)34-28)29-25(30)15-19-16-33-24-14-17(2)8-13-21(19)24/h4-14,16H,3,15H2,1-2H3,(H,29,30). The van der Waals surface area contributed by atoms with E-state index < -0.39 is 0 Å². The van der Waals surface area contributed by atoms with Gasteiger partial charge in [-0.25, -0.2) is 0 Å². The Labute approximate surface area is 196 Å². The van der Waals surface area contributed by atoms with Crippen LogP contribution in [0.3, 0.4) is 0 Å². The normalized spacial score (nSPS) is 11.1. The molecule has 2 heterocycles. The number of nitrogens with one attached hydrogen (secondary N) is 1. The van der Waals surface area contributed by atoms with Crippen LogP contribution >= 0.6 is 0 Å². The van der Waals surface area contributed by atoms with Gasteiger partial charge in [0.05, 0.1) is 25.0 Å². The van der Waals surface area contributed by atoms with E-state index in [1.54, 1.807) is 36.6 Å². The van der Waals surface area contributed by atoms with Crippen LogP contribution in [0.4, 0.5) is 5.69 Å². The summed E-state index contributed by atoms with van der Waals surface area (Å²) in [5.74, 6) is 0.181. The van der Waals surface area contributed by atoms with Crippen molar-refractivity contribution >= 4 is 39.3 Å². The number of amides is 1. The van der Waals surface area contributed by atoms with E-state index in [2.05, 4.69) is 5.32 Å². The fourth-order valence-corrected chi connectivity index (χ4v) is 4.01. The van der Waals surface area contributed by atoms with Crippen molar-refractivity contribution in [1.82, 2.24) is 0 Å². The van der Waals surface area contributed by atoms with Gasteiger partial charge in [0.2, 0.25) is 11.7 Å². The summed E-state index contributed by atoms with van der Waals surface area (Å²) >= 11 is 0. The second-order valence-corrected chi connectivity index (χ2v) is 8.07. The van der Waals surface area contributed by atoms with E-state index in [-0.39, 0.29) is 23.9 Å². The minimum atomic E-state index is -0.321. The third-order valence-electron chi connectivity index (χ3n) is 5.66. The zero-order chi connectivity index (χ0) is 23.7. The monoisotopic (exact) mass is 453 g/mol. The van der Waals surface area contributed by atoms with Gasteiger partial charge in [-0.1, -0.05) is 24.3 Å². The molecule has 0 aliphatic carbocycles. The SMILES string of the molecule is CCOc1ccc(C(=O)c2oc3ccccc3c2NC(=O)Cc2coc3cc(C)ccc23)cc1. The van der Waals surface area contributed by atoms with Crippen molar-refractivity contribution in [2.24, 2.45) is 0 Å². The number of hydrogen-bond acceptors (Lipinski definition) is 5. The summed E-state index contributed by atoms with van der Waals surface area (Å²) < 4.78 is 17.0. The van der Waals surface area contributed by atoms with Crippen LogP contribution in [-0.2, 0) is 11.2 Å². The number of para-hydroxylation sites is 1. The van der Waals surface area contributed by atoms with Crippen LogP contribution in [0.25, 0.3) is 21.9 Å². The van der Waals surface area contributed by atoms with Gasteiger partial charge in [0.1, 0.15) is 16.9 Å². The molecule has 0 fully saturated rings. The van der Waals surface area contributed by atoms with Crippen LogP contribution in [0.1, 0.15) is 34.2 Å². The predicted octanol–water partition coefficient (Wildman–Crippen LogP) is 6.30. The molecule has 5 aromatic rings. The molecule has 2 aromatic heterocycles. The minimum absolute atomic E-state index is 0.0892. The number of carbonyl (C=O) groups excluding carboxylic acids is 2. The Kier molecular flexibility index (Phi) is 5.64. The fourth-order valence-electron chi connectivity index (χ4n) is 4.01. The summed E-state index contributed by atoms with van der Waals surface area (Å²) in [5.41, 5.74) is 3.93. The Morgan fingerprint density at radius 3 is 2.53 bits per heavy atom. The van der Waals surface area contributed by atoms with E-state index in [4.69, 9.17) is 13.6 Å². The van der Waals surface area contributed by atoms with Crippen molar-refractivity contribution in [2.45, 2.75) is 20.3 Å². The lowest BCUT2D eigenvalue weighted by Crippen LogP contribution is -2.16. The molecule has 1 N–H and O–H groups in total. The van der Waals surface area contributed by atoms with Crippen molar-refractivity contribution < 1.29 is 23.2 Å². The first-order valence-corrected chi connectivity index (χ1v) is 11.1. The lowest BCUT2D eigenvalue weighted by atomic mass is 10.1. The number of rotatable bonds is 7. The van der Waals surface area contributed by atoms with Gasteiger partial charge >= 0.3 is 0 Å². The highest BCUT2D eigenvalue weighted by Crippen LogP contribution is 2.33. The average molecular weight is 453 g/mol. The Morgan fingerprint density at radius 1 is 0.941 bits per heavy atom. The molecule has 0 spiro atoms. The zero-order valence-corrected chi connectivity index (χ0v) is 18.9. The first kappa shape index (κ1) is 21.5. The summed E-state index contributed by atoms with van der Waals surface area (Å²) in [7, 11) is 0. The molecule has 0 saturated carbocycles. The third kappa shape index (κ3) is 4.06. The maximum Gasteiger partial charge on any atom is 0.230 e. The molecule has 0 radical (unpaired) electrons. The molecule has 0 saturated heterocycles. The summed E-state index contributed by atoms with van der Waals surface area (Å²) in [6, 6.07) is 20.0. The maximum absolute atomic E-state index is 13.3. The van der Waals surface area contributed by atoms with E-state index in [9.17, 15) is 9.59 Å². The highest BCUT2D eigenvalue weighted by molar-refractivity contribution is 6.17. The smallest absolute Gasteiger partial charge is 0.230 e. The van der Waals surface area contributed by atoms with Crippen molar-refractivity contribution in [3.05, 3.63) is 95.4 Å². The highest BCUT2D eigenvalue weighted by atomic mass is 16.5. The number of carbonyl (C=O) groups is 2. The van der Waals surface area contributed by atoms with Gasteiger partial charge in [0.25, 0.3) is 0 Å². The quantitative estimate of drug-likeness (QED) is 0.293. The number of ketones is 1. The van der Waals surface area contributed by atoms with Gasteiger partial charge in [0, 0.05) is 21.9 Å². The van der Waals surface area contributed by atoms with E-state index >= 15 is 0 Å². The lowest BCUT2D eigenvalue weighted by Gasteiger charge is -2.07. The maximum atomic E-state index is 13.3. The molecule has 6 heteroatoms. The van der Waals surface area contributed by atoms with Crippen molar-refractivity contribution in [3.63, 3.8) is 0 Å². The van der Waals surface area contributed by atoms with Gasteiger partial charge in [-0.2, -0.15) is 0 Å². The summed E-state index contributed by atoms with van der Waals surface area (Å²) in [5, 5.41) is 4.47. The van der Waals surface area contributed by atoms with Gasteiger partial charge in [-0.3, -0.25) is 9.59 Å². The summed E-state index contributed by atoms with van der Waals surface area (Å²) in [6.45, 7) is 4.43. The minimum Gasteiger partial charge on any atom is -0.494 e. The molecule has 0 aliphatic heterocycles. The Bertz CT molecular complexity index is 1510. The van der Waals surface area contributed by atoms with E-state index in [0.29, 0.717) is 34.6 Å². The Hall–Kier alpha value is -4.32. The molecule has 0 bridgehead atoms. The predicted molar refractivity (Wildman–Crippen MR) is 131 cm³/mol. The molecule has 170 valence electrons. The highest BCUT2D eigenvalue weighted by Gasteiger charge is 2.24. The van der Waals surface area contributed by atoms with Gasteiger partial charge in [0.15, 0.2) is 5.76 Å². The molecule has 1 amide bonds. The van der Waals surface area contributed by atoms with Crippen molar-refractivity contribution in [1.29, 1.82) is 0 Å². The largest absolute Gasteiger partial charge is 0.494 e. The Morgan fingerprint density at radius 2 is 1.74 bits per heavy atom. The molecule has 34 heavy (non-hydrogen) atoms. The average Bonchev–Trinajstić information content (AvgIpc) is 3.40.